The molecule has 0 radical (unpaired) electrons. The summed E-state index contributed by atoms with van der Waals surface area (Å²) in [7, 11) is 0. The molecule has 1 aromatic heterocycles. The molecule has 0 atom stereocenters. The lowest BCUT2D eigenvalue weighted by atomic mass is 10.3. The van der Waals surface area contributed by atoms with E-state index in [2.05, 4.69) is 41.0 Å². The Morgan fingerprint density at radius 1 is 1.12 bits per heavy atom. The highest BCUT2D eigenvalue weighted by molar-refractivity contribution is 5.29. The maximum Gasteiger partial charge on any atom is 0.225 e. The highest BCUT2D eigenvalue weighted by Crippen LogP contribution is 2.07. The van der Waals surface area contributed by atoms with Gasteiger partial charge in [0.05, 0.1) is 0 Å². The summed E-state index contributed by atoms with van der Waals surface area (Å²) in [5, 5.41) is 3.35. The molecule has 0 aliphatic carbocycles. The van der Waals surface area contributed by atoms with Gasteiger partial charge in [-0.15, -0.1) is 0 Å². The van der Waals surface area contributed by atoms with Crippen molar-refractivity contribution in [1.82, 2.24) is 15.3 Å². The van der Waals surface area contributed by atoms with Crippen LogP contribution in [0, 0.1) is 0 Å². The van der Waals surface area contributed by atoms with Crippen LogP contribution in [0.15, 0.2) is 12.4 Å². The van der Waals surface area contributed by atoms with Crippen molar-refractivity contribution in [3.05, 3.63) is 18.0 Å². The van der Waals surface area contributed by atoms with Gasteiger partial charge in [-0.3, -0.25) is 0 Å². The van der Waals surface area contributed by atoms with Gasteiger partial charge in [0.2, 0.25) is 5.95 Å². The molecule has 0 fully saturated rings. The predicted octanol–water partition coefficient (Wildman–Crippen LogP) is 2.21. The maximum atomic E-state index is 4.42. The average molecular weight is 236 g/mol. The third-order valence-electron chi connectivity index (χ3n) is 2.61. The van der Waals surface area contributed by atoms with Crippen molar-refractivity contribution in [2.75, 3.05) is 24.5 Å². The fourth-order valence-corrected chi connectivity index (χ4v) is 1.68. The standard InChI is InChI=1S/C13H24N4/c1-4-7-14-9-12-10-15-13(16-11-12)17(6-3)8-5-2/h10-11,14H,4-9H2,1-3H3. The molecule has 0 spiro atoms. The normalized spacial score (nSPS) is 10.5. The van der Waals surface area contributed by atoms with Crippen molar-refractivity contribution in [1.29, 1.82) is 0 Å². The van der Waals surface area contributed by atoms with E-state index in [9.17, 15) is 0 Å². The third-order valence-corrected chi connectivity index (χ3v) is 2.61. The molecule has 0 saturated carbocycles. The molecule has 1 aromatic rings. The molecular weight excluding hydrogens is 212 g/mol. The fraction of sp³-hybridized carbons (Fsp3) is 0.692. The summed E-state index contributed by atoms with van der Waals surface area (Å²) < 4.78 is 0. The van der Waals surface area contributed by atoms with Crippen LogP contribution in [0.3, 0.4) is 0 Å². The van der Waals surface area contributed by atoms with E-state index in [-0.39, 0.29) is 0 Å². The molecule has 0 saturated heterocycles. The largest absolute Gasteiger partial charge is 0.341 e. The lowest BCUT2D eigenvalue weighted by molar-refractivity contribution is 0.670. The van der Waals surface area contributed by atoms with E-state index in [0.717, 1.165) is 50.5 Å². The summed E-state index contributed by atoms with van der Waals surface area (Å²) in [5.41, 5.74) is 1.15. The average Bonchev–Trinajstić information content (AvgIpc) is 2.37. The van der Waals surface area contributed by atoms with Crippen molar-refractivity contribution >= 4 is 5.95 Å². The van der Waals surface area contributed by atoms with Crippen molar-refractivity contribution in [2.24, 2.45) is 0 Å². The van der Waals surface area contributed by atoms with Crippen LogP contribution in [0.1, 0.15) is 39.2 Å². The summed E-state index contributed by atoms with van der Waals surface area (Å²) in [6.07, 6.45) is 6.11. The highest BCUT2D eigenvalue weighted by atomic mass is 15.2. The number of anilines is 1. The number of nitrogens with one attached hydrogen (secondary N) is 1. The van der Waals surface area contributed by atoms with E-state index in [0.29, 0.717) is 0 Å². The quantitative estimate of drug-likeness (QED) is 0.703. The van der Waals surface area contributed by atoms with E-state index in [1.807, 2.05) is 12.4 Å². The second-order valence-corrected chi connectivity index (χ2v) is 4.15. The van der Waals surface area contributed by atoms with Gasteiger partial charge in [0, 0.05) is 37.6 Å². The Morgan fingerprint density at radius 3 is 2.35 bits per heavy atom. The molecule has 4 heteroatoms. The summed E-state index contributed by atoms with van der Waals surface area (Å²) >= 11 is 0. The second kappa shape index (κ2) is 8.01. The molecule has 17 heavy (non-hydrogen) atoms. The van der Waals surface area contributed by atoms with Gasteiger partial charge in [-0.2, -0.15) is 0 Å². The Bertz CT molecular complexity index is 297. The summed E-state index contributed by atoms with van der Waals surface area (Å²) in [6, 6.07) is 0. The van der Waals surface area contributed by atoms with Crippen LogP contribution in [-0.4, -0.2) is 29.6 Å². The molecule has 96 valence electrons. The first-order chi connectivity index (χ1) is 8.31. The second-order valence-electron chi connectivity index (χ2n) is 4.15. The molecule has 1 heterocycles. The molecule has 0 aromatic carbocycles. The number of nitrogens with zero attached hydrogens (tertiary/aromatic N) is 3. The van der Waals surface area contributed by atoms with Crippen molar-refractivity contribution in [3.8, 4) is 0 Å². The van der Waals surface area contributed by atoms with E-state index in [1.54, 1.807) is 0 Å². The van der Waals surface area contributed by atoms with Crippen LogP contribution in [-0.2, 0) is 6.54 Å². The number of hydrogen-bond donors (Lipinski definition) is 1. The van der Waals surface area contributed by atoms with Crippen molar-refractivity contribution in [3.63, 3.8) is 0 Å². The first kappa shape index (κ1) is 13.9. The zero-order chi connectivity index (χ0) is 12.5. The summed E-state index contributed by atoms with van der Waals surface area (Å²) in [4.78, 5) is 11.0. The van der Waals surface area contributed by atoms with Crippen molar-refractivity contribution in [2.45, 2.75) is 40.2 Å². The van der Waals surface area contributed by atoms with Gasteiger partial charge in [-0.1, -0.05) is 13.8 Å². The molecule has 0 amide bonds. The van der Waals surface area contributed by atoms with E-state index in [4.69, 9.17) is 0 Å². The van der Waals surface area contributed by atoms with Gasteiger partial charge in [-0.05, 0) is 26.3 Å². The zero-order valence-corrected chi connectivity index (χ0v) is 11.2. The minimum absolute atomic E-state index is 0.841. The van der Waals surface area contributed by atoms with Gasteiger partial charge >= 0.3 is 0 Å². The fourth-order valence-electron chi connectivity index (χ4n) is 1.68. The lowest BCUT2D eigenvalue weighted by Gasteiger charge is -2.19. The predicted molar refractivity (Wildman–Crippen MR) is 72.2 cm³/mol. The Hall–Kier alpha value is -1.16. The van der Waals surface area contributed by atoms with E-state index >= 15 is 0 Å². The first-order valence-corrected chi connectivity index (χ1v) is 6.58. The van der Waals surface area contributed by atoms with E-state index < -0.39 is 0 Å². The molecule has 1 rings (SSSR count). The summed E-state index contributed by atoms with van der Waals surface area (Å²) in [5.74, 6) is 0.841. The van der Waals surface area contributed by atoms with Crippen LogP contribution in [0.4, 0.5) is 5.95 Å². The molecule has 0 aliphatic heterocycles. The Morgan fingerprint density at radius 2 is 1.82 bits per heavy atom. The molecule has 1 N–H and O–H groups in total. The van der Waals surface area contributed by atoms with Gasteiger partial charge in [-0.25, -0.2) is 9.97 Å². The smallest absolute Gasteiger partial charge is 0.225 e. The molecule has 0 bridgehead atoms. The number of rotatable bonds is 8. The number of aromatic nitrogens is 2. The van der Waals surface area contributed by atoms with Crippen LogP contribution in [0.25, 0.3) is 0 Å². The van der Waals surface area contributed by atoms with Crippen LogP contribution in [0.2, 0.25) is 0 Å². The van der Waals surface area contributed by atoms with Crippen LogP contribution >= 0.6 is 0 Å². The minimum atomic E-state index is 0.841. The monoisotopic (exact) mass is 236 g/mol. The van der Waals surface area contributed by atoms with Gasteiger partial charge in [0.25, 0.3) is 0 Å². The number of hydrogen-bond acceptors (Lipinski definition) is 4. The zero-order valence-electron chi connectivity index (χ0n) is 11.2. The van der Waals surface area contributed by atoms with Gasteiger partial charge in [0.1, 0.15) is 0 Å². The van der Waals surface area contributed by atoms with Crippen LogP contribution < -0.4 is 10.2 Å². The SMILES string of the molecule is CCCNCc1cnc(N(CC)CCC)nc1. The Kier molecular flexibility index (Phi) is 6.55. The maximum absolute atomic E-state index is 4.42. The molecule has 4 nitrogen and oxygen atoms in total. The highest BCUT2D eigenvalue weighted by Gasteiger charge is 2.05. The summed E-state index contributed by atoms with van der Waals surface area (Å²) in [6.45, 7) is 10.3. The minimum Gasteiger partial charge on any atom is -0.341 e. The third kappa shape index (κ3) is 4.69. The van der Waals surface area contributed by atoms with Gasteiger partial charge in [0.15, 0.2) is 0 Å². The molecule has 0 aliphatic rings. The first-order valence-electron chi connectivity index (χ1n) is 6.58. The molecule has 0 unspecified atom stereocenters. The topological polar surface area (TPSA) is 41.1 Å². The van der Waals surface area contributed by atoms with Crippen LogP contribution in [0.5, 0.6) is 0 Å². The van der Waals surface area contributed by atoms with Gasteiger partial charge < -0.3 is 10.2 Å². The molecular formula is C13H24N4. The lowest BCUT2D eigenvalue weighted by Crippen LogP contribution is -2.25. The van der Waals surface area contributed by atoms with Crippen molar-refractivity contribution < 1.29 is 0 Å². The van der Waals surface area contributed by atoms with E-state index in [1.165, 1.54) is 0 Å². The Labute approximate surface area is 104 Å². The Balaban J connectivity index is 2.53.